The highest BCUT2D eigenvalue weighted by Gasteiger charge is 2.05. The van der Waals surface area contributed by atoms with E-state index < -0.39 is 5.82 Å². The smallest absolute Gasteiger partial charge is 0.535 e. The molecule has 0 amide bonds. The Kier molecular flexibility index (Phi) is 2.87. The first-order valence-electron chi connectivity index (χ1n) is 3.10. The van der Waals surface area contributed by atoms with Crippen molar-refractivity contribution in [1.82, 2.24) is 4.98 Å². The lowest BCUT2D eigenvalue weighted by Gasteiger charge is -2.04. The Morgan fingerprint density at radius 3 is 3.00 bits per heavy atom. The molecule has 0 aliphatic rings. The average molecular weight is 170 g/mol. The van der Waals surface area contributed by atoms with Crippen LogP contribution in [0.4, 0.5) is 4.39 Å². The van der Waals surface area contributed by atoms with E-state index in [9.17, 15) is 4.39 Å². The lowest BCUT2D eigenvalue weighted by atomic mass is 10.3. The number of nitrogens with zero attached hydrogens (tertiary/aromatic N) is 1. The van der Waals surface area contributed by atoms with E-state index >= 15 is 0 Å². The standard InChI is InChI=1S/C6H6BFNO3/c1-11-6-2-5(12-7-10)4(8)3-9-6/h2-3,10H,1H3. The maximum Gasteiger partial charge on any atom is 0.569 e. The summed E-state index contributed by atoms with van der Waals surface area (Å²) in [6, 6.07) is 1.22. The summed E-state index contributed by atoms with van der Waals surface area (Å²) < 4.78 is 21.8. The van der Waals surface area contributed by atoms with E-state index in [1.54, 1.807) is 0 Å². The molecule has 1 N–H and O–H groups in total. The van der Waals surface area contributed by atoms with Crippen LogP contribution in [-0.2, 0) is 0 Å². The molecule has 6 heteroatoms. The normalized spacial score (nSPS) is 9.25. The van der Waals surface area contributed by atoms with Gasteiger partial charge in [-0.15, -0.1) is 0 Å². The number of halogens is 1. The highest BCUT2D eigenvalue weighted by molar-refractivity contribution is 6.17. The van der Waals surface area contributed by atoms with Gasteiger partial charge in [-0.1, -0.05) is 0 Å². The molecular formula is C6H6BFNO3. The molecule has 1 heterocycles. The Labute approximate surface area is 69.3 Å². The van der Waals surface area contributed by atoms with E-state index in [-0.39, 0.29) is 11.6 Å². The van der Waals surface area contributed by atoms with Gasteiger partial charge in [0.25, 0.3) is 0 Å². The SMILES string of the molecule is COc1cc(O[B]O)c(F)cn1. The van der Waals surface area contributed by atoms with E-state index in [0.29, 0.717) is 7.69 Å². The third-order valence-electron chi connectivity index (χ3n) is 1.18. The summed E-state index contributed by atoms with van der Waals surface area (Å²) in [5.74, 6) is -0.585. The summed E-state index contributed by atoms with van der Waals surface area (Å²) in [7, 11) is 1.78. The first kappa shape index (κ1) is 8.80. The van der Waals surface area contributed by atoms with Crippen LogP contribution in [0.5, 0.6) is 11.6 Å². The van der Waals surface area contributed by atoms with Crippen molar-refractivity contribution in [2.24, 2.45) is 0 Å². The molecule has 63 valence electrons. The topological polar surface area (TPSA) is 51.6 Å². The molecule has 1 aromatic rings. The van der Waals surface area contributed by atoms with Crippen LogP contribution in [0, 0.1) is 5.82 Å². The van der Waals surface area contributed by atoms with Gasteiger partial charge in [-0.05, 0) is 0 Å². The highest BCUT2D eigenvalue weighted by atomic mass is 19.1. The molecule has 0 aliphatic heterocycles. The molecule has 4 nitrogen and oxygen atoms in total. The predicted molar refractivity (Wildman–Crippen MR) is 39.3 cm³/mol. The number of hydrogen-bond donors (Lipinski definition) is 1. The van der Waals surface area contributed by atoms with Crippen molar-refractivity contribution in [2.75, 3.05) is 7.11 Å². The zero-order chi connectivity index (χ0) is 8.97. The van der Waals surface area contributed by atoms with Gasteiger partial charge in [-0.3, -0.25) is 0 Å². The van der Waals surface area contributed by atoms with Crippen LogP contribution in [0.3, 0.4) is 0 Å². The maximum atomic E-state index is 12.7. The van der Waals surface area contributed by atoms with Gasteiger partial charge in [-0.2, -0.15) is 0 Å². The van der Waals surface area contributed by atoms with Crippen LogP contribution in [0.1, 0.15) is 0 Å². The fraction of sp³-hybridized carbons (Fsp3) is 0.167. The molecule has 0 fully saturated rings. The van der Waals surface area contributed by atoms with Gasteiger partial charge in [-0.25, -0.2) is 9.37 Å². The molecule has 0 bridgehead atoms. The summed E-state index contributed by atoms with van der Waals surface area (Å²) in [6.45, 7) is 0. The summed E-state index contributed by atoms with van der Waals surface area (Å²) in [5.41, 5.74) is 0. The van der Waals surface area contributed by atoms with Crippen molar-refractivity contribution in [2.45, 2.75) is 0 Å². The monoisotopic (exact) mass is 170 g/mol. The zero-order valence-electron chi connectivity index (χ0n) is 6.32. The van der Waals surface area contributed by atoms with Crippen molar-refractivity contribution in [1.29, 1.82) is 0 Å². The van der Waals surface area contributed by atoms with Crippen LogP contribution < -0.4 is 9.39 Å². The fourth-order valence-electron chi connectivity index (χ4n) is 0.661. The van der Waals surface area contributed by atoms with Crippen LogP contribution in [-0.4, -0.2) is 24.8 Å². The third kappa shape index (κ3) is 1.85. The van der Waals surface area contributed by atoms with Gasteiger partial charge in [0, 0.05) is 6.07 Å². The van der Waals surface area contributed by atoms with E-state index in [2.05, 4.69) is 9.64 Å². The molecule has 0 spiro atoms. The van der Waals surface area contributed by atoms with Crippen molar-refractivity contribution in [3.8, 4) is 11.6 Å². The first-order valence-corrected chi connectivity index (χ1v) is 3.10. The van der Waals surface area contributed by atoms with Crippen molar-refractivity contribution in [3.05, 3.63) is 18.1 Å². The first-order chi connectivity index (χ1) is 5.77. The van der Waals surface area contributed by atoms with E-state index in [1.807, 2.05) is 0 Å². The Hall–Kier alpha value is -1.30. The molecule has 12 heavy (non-hydrogen) atoms. The van der Waals surface area contributed by atoms with Crippen molar-refractivity contribution in [3.63, 3.8) is 0 Å². The molecule has 0 saturated carbocycles. The number of pyridine rings is 1. The number of aromatic nitrogens is 1. The molecule has 1 rings (SSSR count). The van der Waals surface area contributed by atoms with Gasteiger partial charge in [0.2, 0.25) is 5.88 Å². The Morgan fingerprint density at radius 2 is 2.42 bits per heavy atom. The third-order valence-corrected chi connectivity index (χ3v) is 1.18. The molecule has 0 aliphatic carbocycles. The van der Waals surface area contributed by atoms with Gasteiger partial charge < -0.3 is 14.4 Å². The highest BCUT2D eigenvalue weighted by Crippen LogP contribution is 2.19. The number of methoxy groups -OCH3 is 1. The summed E-state index contributed by atoms with van der Waals surface area (Å²) >= 11 is 0. The molecule has 0 unspecified atom stereocenters. The fourth-order valence-corrected chi connectivity index (χ4v) is 0.661. The van der Waals surface area contributed by atoms with Gasteiger partial charge >= 0.3 is 7.69 Å². The Bertz CT molecular complexity index is 271. The van der Waals surface area contributed by atoms with Crippen LogP contribution in [0.2, 0.25) is 0 Å². The second kappa shape index (κ2) is 3.92. The van der Waals surface area contributed by atoms with Gasteiger partial charge in [0.15, 0.2) is 5.82 Å². The number of ether oxygens (including phenoxy) is 1. The van der Waals surface area contributed by atoms with Crippen LogP contribution in [0.25, 0.3) is 0 Å². The minimum atomic E-state index is -0.666. The quantitative estimate of drug-likeness (QED) is 0.655. The lowest BCUT2D eigenvalue weighted by Crippen LogP contribution is -2.02. The maximum absolute atomic E-state index is 12.7. The zero-order valence-corrected chi connectivity index (χ0v) is 6.32. The van der Waals surface area contributed by atoms with Crippen LogP contribution in [0.15, 0.2) is 12.3 Å². The number of rotatable bonds is 3. The van der Waals surface area contributed by atoms with E-state index in [1.165, 1.54) is 13.2 Å². The largest absolute Gasteiger partial charge is 0.569 e. The molecule has 0 aromatic carbocycles. The lowest BCUT2D eigenvalue weighted by molar-refractivity contribution is 0.385. The van der Waals surface area contributed by atoms with E-state index in [4.69, 9.17) is 9.76 Å². The number of hydrogen-bond acceptors (Lipinski definition) is 4. The van der Waals surface area contributed by atoms with Crippen molar-refractivity contribution >= 4 is 7.69 Å². The summed E-state index contributed by atoms with van der Waals surface area (Å²) in [4.78, 5) is 3.57. The molecule has 0 saturated heterocycles. The Balaban J connectivity index is 2.91. The molecule has 1 aromatic heterocycles. The van der Waals surface area contributed by atoms with Gasteiger partial charge in [0.1, 0.15) is 5.75 Å². The average Bonchev–Trinajstić information content (AvgIpc) is 2.09. The van der Waals surface area contributed by atoms with Gasteiger partial charge in [0.05, 0.1) is 13.3 Å². The summed E-state index contributed by atoms with van der Waals surface area (Å²) in [6.07, 6.45) is 0.942. The second-order valence-corrected chi connectivity index (χ2v) is 1.88. The Morgan fingerprint density at radius 1 is 1.67 bits per heavy atom. The van der Waals surface area contributed by atoms with Crippen molar-refractivity contribution < 1.29 is 18.8 Å². The minimum absolute atomic E-state index is 0.135. The van der Waals surface area contributed by atoms with E-state index in [0.717, 1.165) is 6.20 Å². The minimum Gasteiger partial charge on any atom is -0.535 e. The molecular weight excluding hydrogens is 164 g/mol. The predicted octanol–water partition coefficient (Wildman–Crippen LogP) is 0.135. The second-order valence-electron chi connectivity index (χ2n) is 1.88. The van der Waals surface area contributed by atoms with Crippen LogP contribution >= 0.6 is 0 Å². The summed E-state index contributed by atoms with van der Waals surface area (Å²) in [5, 5.41) is 8.23. The molecule has 1 radical (unpaired) electrons. The molecule has 0 atom stereocenters.